The van der Waals surface area contributed by atoms with E-state index in [0.29, 0.717) is 22.6 Å². The van der Waals surface area contributed by atoms with Gasteiger partial charge in [0.05, 0.1) is 19.3 Å². The molecule has 15 nitrogen and oxygen atoms in total. The molecule has 0 aromatic heterocycles. The molecule has 49 heavy (non-hydrogen) atoms. The average Bonchev–Trinajstić information content (AvgIpc) is 2.99. The Morgan fingerprint density at radius 1 is 1.10 bits per heavy atom. The van der Waals surface area contributed by atoms with Crippen molar-refractivity contribution in [3.63, 3.8) is 0 Å². The number of likely N-dealkylation sites (N-methyl/N-ethyl adjacent to an activating group) is 1. The van der Waals surface area contributed by atoms with Gasteiger partial charge in [0.2, 0.25) is 0 Å². The van der Waals surface area contributed by atoms with Crippen molar-refractivity contribution in [3.8, 4) is 0 Å². The number of alkyl carbamates (subject to hydrolysis) is 1. The van der Waals surface area contributed by atoms with Gasteiger partial charge in [0.1, 0.15) is 30.0 Å². The van der Waals surface area contributed by atoms with Gasteiger partial charge in [-0.05, 0) is 52.5 Å². The number of aliphatic hydroxyl groups is 2. The van der Waals surface area contributed by atoms with Crippen LogP contribution in [-0.2, 0) is 49.5 Å². The molecule has 0 saturated carbocycles. The minimum Gasteiger partial charge on any atom is -0.463 e. The number of rotatable bonds is 14. The largest absolute Gasteiger partial charge is 0.463 e. The van der Waals surface area contributed by atoms with Crippen molar-refractivity contribution < 1.29 is 56.2 Å². The molecule has 1 fully saturated rings. The highest BCUT2D eigenvalue weighted by molar-refractivity contribution is 7.84. The van der Waals surface area contributed by atoms with Crippen molar-refractivity contribution in [1.29, 1.82) is 0 Å². The lowest BCUT2D eigenvalue weighted by atomic mass is 9.95. The second kappa shape index (κ2) is 18.4. The van der Waals surface area contributed by atoms with Crippen LogP contribution >= 0.6 is 0 Å². The van der Waals surface area contributed by atoms with Crippen molar-refractivity contribution in [2.75, 3.05) is 20.3 Å². The van der Waals surface area contributed by atoms with Crippen LogP contribution in [0.1, 0.15) is 73.3 Å². The molecule has 0 radical (unpaired) electrons. The maximum Gasteiger partial charge on any atom is 0.408 e. The van der Waals surface area contributed by atoms with E-state index in [1.807, 2.05) is 0 Å². The zero-order chi connectivity index (χ0) is 37.1. The lowest BCUT2D eigenvalue weighted by molar-refractivity contribution is -0.181. The summed E-state index contributed by atoms with van der Waals surface area (Å²) in [6.45, 7) is 11.3. The third-order valence-electron chi connectivity index (χ3n) is 7.51. The first-order valence-corrected chi connectivity index (χ1v) is 17.5. The molecular formula is C33H51N3O12S. The first-order chi connectivity index (χ1) is 22.8. The van der Waals surface area contributed by atoms with Gasteiger partial charge in [-0.15, -0.1) is 4.41 Å². The number of carbonyl (C=O) groups excluding carboxylic acids is 4. The van der Waals surface area contributed by atoms with E-state index in [4.69, 9.17) is 18.4 Å². The zero-order valence-electron chi connectivity index (χ0n) is 29.5. The molecule has 16 heteroatoms. The molecule has 0 spiro atoms. The normalized spacial score (nSPS) is 21.2. The monoisotopic (exact) mass is 713 g/mol. The second-order valence-electron chi connectivity index (χ2n) is 13.0. The van der Waals surface area contributed by atoms with Crippen LogP contribution < -0.4 is 5.32 Å². The number of nitrogens with one attached hydrogen (secondary N) is 1. The summed E-state index contributed by atoms with van der Waals surface area (Å²) >= 11 is 0. The molecule has 3 N–H and O–H groups in total. The van der Waals surface area contributed by atoms with Gasteiger partial charge in [0, 0.05) is 26.0 Å². The van der Waals surface area contributed by atoms with Gasteiger partial charge in [-0.3, -0.25) is 9.59 Å². The van der Waals surface area contributed by atoms with Crippen LogP contribution in [0.4, 0.5) is 4.79 Å². The number of hydrogen-bond acceptors (Lipinski definition) is 12. The summed E-state index contributed by atoms with van der Waals surface area (Å²) in [4.78, 5) is 52.1. The maximum atomic E-state index is 14.0. The van der Waals surface area contributed by atoms with Crippen LogP contribution in [0.3, 0.4) is 0 Å². The van der Waals surface area contributed by atoms with Gasteiger partial charge < -0.3 is 29.7 Å². The van der Waals surface area contributed by atoms with E-state index < -0.39 is 76.8 Å². The van der Waals surface area contributed by atoms with Crippen molar-refractivity contribution in [3.05, 3.63) is 47.5 Å². The Bertz CT molecular complexity index is 1410. The standard InChI is InChI=1S/C33H51N3O12S/c1-9-21(3)17-27(37)36(35(8)31(41)24(19-23-14-12-11-13-15-23)34-32(42)47-33(5,6)7)49(43,44)48-26-20-46-25(29(39)30(26)40)16-22(4)18-28(38)45-10-2/h11-15,18,21,24-26,29-30,39-40H,9-10,16-17,19-20H2,1-8H3,(H,34,42)/b22-18+/t21-,24-,25-,26+,29-,30-/m0/s1. The molecule has 6 atom stereocenters. The number of hydrazine groups is 1. The average molecular weight is 714 g/mol. The summed E-state index contributed by atoms with van der Waals surface area (Å²) < 4.78 is 48.9. The summed E-state index contributed by atoms with van der Waals surface area (Å²) in [6.07, 6.45) is -5.69. The minimum absolute atomic E-state index is 0.0146. The summed E-state index contributed by atoms with van der Waals surface area (Å²) in [5.41, 5.74) is 0.197. The van der Waals surface area contributed by atoms with E-state index >= 15 is 0 Å². The van der Waals surface area contributed by atoms with Gasteiger partial charge >= 0.3 is 22.4 Å². The van der Waals surface area contributed by atoms with Crippen LogP contribution in [0.15, 0.2) is 42.0 Å². The molecule has 0 bridgehead atoms. The summed E-state index contributed by atoms with van der Waals surface area (Å²) in [5.74, 6) is -2.87. The lowest BCUT2D eigenvalue weighted by Crippen LogP contribution is -2.60. The Morgan fingerprint density at radius 3 is 2.31 bits per heavy atom. The van der Waals surface area contributed by atoms with Crippen molar-refractivity contribution in [2.45, 2.75) is 110 Å². The lowest BCUT2D eigenvalue weighted by Gasteiger charge is -2.39. The Labute approximate surface area is 288 Å². The minimum atomic E-state index is -5.18. The number of ether oxygens (including phenoxy) is 3. The SMILES string of the molecule is CCOC(=O)/C=C(\C)C[C@@H]1OC[C@@H](OS(=O)(=O)N(C(=O)C[C@@H](C)CC)N(C)C(=O)[C@H](Cc2ccccc2)NC(=O)OC(C)(C)C)[C@H](O)[C@H]1O. The third kappa shape index (κ3) is 13.0. The molecule has 3 amide bonds. The van der Waals surface area contributed by atoms with Crippen LogP contribution in [-0.4, -0.2) is 108 Å². The van der Waals surface area contributed by atoms with Gasteiger partial charge in [0.15, 0.2) is 0 Å². The molecule has 1 heterocycles. The maximum absolute atomic E-state index is 14.0. The number of benzene rings is 1. The predicted molar refractivity (Wildman–Crippen MR) is 178 cm³/mol. The molecule has 1 aromatic rings. The number of hydrogen-bond donors (Lipinski definition) is 3. The predicted octanol–water partition coefficient (Wildman–Crippen LogP) is 2.41. The summed E-state index contributed by atoms with van der Waals surface area (Å²) in [7, 11) is -4.14. The van der Waals surface area contributed by atoms with Gasteiger partial charge in [-0.25, -0.2) is 18.8 Å². The summed E-state index contributed by atoms with van der Waals surface area (Å²) in [5, 5.41) is 24.7. The molecule has 1 saturated heterocycles. The first-order valence-electron chi connectivity index (χ1n) is 16.2. The molecule has 1 aliphatic rings. The Balaban J connectivity index is 2.38. The van der Waals surface area contributed by atoms with Crippen LogP contribution in [0, 0.1) is 5.92 Å². The Hall–Kier alpha value is -3.57. The smallest absolute Gasteiger partial charge is 0.408 e. The van der Waals surface area contributed by atoms with Crippen LogP contribution in [0.2, 0.25) is 0 Å². The first kappa shape index (κ1) is 41.6. The Kier molecular flexibility index (Phi) is 15.6. The summed E-state index contributed by atoms with van der Waals surface area (Å²) in [6, 6.07) is 7.25. The van der Waals surface area contributed by atoms with E-state index in [0.717, 1.165) is 7.05 Å². The topological polar surface area (TPSA) is 198 Å². The molecule has 276 valence electrons. The number of nitrogens with zero attached hydrogens (tertiary/aromatic N) is 2. The van der Waals surface area contributed by atoms with Crippen LogP contribution in [0.5, 0.6) is 0 Å². The highest BCUT2D eigenvalue weighted by atomic mass is 32.2. The highest BCUT2D eigenvalue weighted by Crippen LogP contribution is 2.26. The van der Waals surface area contributed by atoms with E-state index in [9.17, 15) is 37.8 Å². The molecule has 2 rings (SSSR count). The molecule has 1 aliphatic heterocycles. The fourth-order valence-electron chi connectivity index (χ4n) is 4.86. The number of amides is 3. The van der Waals surface area contributed by atoms with Crippen LogP contribution in [0.25, 0.3) is 0 Å². The van der Waals surface area contributed by atoms with Gasteiger partial charge in [0.25, 0.3) is 11.8 Å². The molecular weight excluding hydrogens is 662 g/mol. The van der Waals surface area contributed by atoms with Crippen molar-refractivity contribution in [2.24, 2.45) is 5.92 Å². The third-order valence-corrected chi connectivity index (χ3v) is 8.88. The number of aliphatic hydroxyl groups excluding tert-OH is 2. The van der Waals surface area contributed by atoms with Gasteiger partial charge in [-0.1, -0.05) is 56.2 Å². The Morgan fingerprint density at radius 2 is 1.73 bits per heavy atom. The fourth-order valence-corrected chi connectivity index (χ4v) is 6.12. The van der Waals surface area contributed by atoms with Gasteiger partial charge in [-0.2, -0.15) is 8.42 Å². The van der Waals surface area contributed by atoms with Crippen molar-refractivity contribution >= 4 is 34.2 Å². The van der Waals surface area contributed by atoms with E-state index in [2.05, 4.69) is 5.32 Å². The van der Waals surface area contributed by atoms with E-state index in [-0.39, 0.29) is 36.2 Å². The number of carbonyl (C=O) groups is 4. The van der Waals surface area contributed by atoms with E-state index in [1.54, 1.807) is 78.8 Å². The quantitative estimate of drug-likeness (QED) is 0.145. The number of esters is 1. The second-order valence-corrected chi connectivity index (χ2v) is 14.4. The molecule has 0 aliphatic carbocycles. The highest BCUT2D eigenvalue weighted by Gasteiger charge is 2.45. The fraction of sp³-hybridized carbons (Fsp3) is 0.636. The zero-order valence-corrected chi connectivity index (χ0v) is 30.3. The van der Waals surface area contributed by atoms with Crippen molar-refractivity contribution in [1.82, 2.24) is 14.7 Å². The molecule has 1 aromatic carbocycles. The molecule has 0 unspecified atom stereocenters. The van der Waals surface area contributed by atoms with E-state index in [1.165, 1.54) is 6.08 Å².